The van der Waals surface area contributed by atoms with Gasteiger partial charge in [0.05, 0.1) is 11.4 Å². The molecule has 1 aliphatic carbocycles. The van der Waals surface area contributed by atoms with Gasteiger partial charge in [-0.2, -0.15) is 0 Å². The van der Waals surface area contributed by atoms with Crippen LogP contribution in [0.1, 0.15) is 12.8 Å². The topological polar surface area (TPSA) is 81.4 Å². The fraction of sp³-hybridized carbons (Fsp3) is 0.385. The molecule has 0 heterocycles. The summed E-state index contributed by atoms with van der Waals surface area (Å²) in [6, 6.07) is 7.02. The van der Waals surface area contributed by atoms with Gasteiger partial charge in [0.2, 0.25) is 10.0 Å². The summed E-state index contributed by atoms with van der Waals surface area (Å²) in [7, 11) is -3.30. The smallest absolute Gasteiger partial charge is 0.215 e. The predicted molar refractivity (Wildman–Crippen MR) is 75.4 cm³/mol. The molecule has 5 nitrogen and oxygen atoms in total. The third-order valence-corrected chi connectivity index (χ3v) is 4.28. The van der Waals surface area contributed by atoms with E-state index >= 15 is 0 Å². The molecule has 6 heteroatoms. The number of nitrogens with one attached hydrogen (secondary N) is 1. The van der Waals surface area contributed by atoms with Crippen molar-refractivity contribution in [1.29, 1.82) is 0 Å². The molecule has 1 aromatic rings. The molecule has 19 heavy (non-hydrogen) atoms. The van der Waals surface area contributed by atoms with E-state index in [0.717, 1.165) is 12.8 Å². The summed E-state index contributed by atoms with van der Waals surface area (Å²) in [5.41, 5.74) is 6.21. The number of nitrogen functional groups attached to an aromatic ring is 1. The molecular formula is C13H18N2O3S. The van der Waals surface area contributed by atoms with Gasteiger partial charge in [-0.05, 0) is 25.0 Å². The van der Waals surface area contributed by atoms with Gasteiger partial charge in [-0.15, -0.1) is 0 Å². The molecular weight excluding hydrogens is 264 g/mol. The first kappa shape index (κ1) is 13.9. The zero-order valence-corrected chi connectivity index (χ0v) is 11.4. The summed E-state index contributed by atoms with van der Waals surface area (Å²) < 4.78 is 31.7. The second-order valence-electron chi connectivity index (χ2n) is 4.46. The second-order valence-corrected chi connectivity index (χ2v) is 6.34. The molecule has 104 valence electrons. The molecule has 0 aliphatic heterocycles. The molecule has 0 bridgehead atoms. The van der Waals surface area contributed by atoms with Crippen molar-refractivity contribution in [1.82, 2.24) is 4.72 Å². The van der Waals surface area contributed by atoms with E-state index < -0.39 is 10.0 Å². The fourth-order valence-corrected chi connectivity index (χ4v) is 3.02. The van der Waals surface area contributed by atoms with Crippen molar-refractivity contribution in [3.63, 3.8) is 0 Å². The summed E-state index contributed by atoms with van der Waals surface area (Å²) in [5.74, 6) is 0.443. The Kier molecular flexibility index (Phi) is 4.44. The first-order valence-corrected chi connectivity index (χ1v) is 7.84. The lowest BCUT2D eigenvalue weighted by atomic mass is 10.3. The van der Waals surface area contributed by atoms with E-state index in [-0.39, 0.29) is 18.4 Å². The lowest BCUT2D eigenvalue weighted by Gasteiger charge is -2.13. The van der Waals surface area contributed by atoms with Gasteiger partial charge in [0, 0.05) is 6.04 Å². The van der Waals surface area contributed by atoms with Crippen molar-refractivity contribution in [2.45, 2.75) is 18.9 Å². The van der Waals surface area contributed by atoms with E-state index in [4.69, 9.17) is 10.5 Å². The molecule has 0 saturated heterocycles. The zero-order valence-electron chi connectivity index (χ0n) is 10.6. The summed E-state index contributed by atoms with van der Waals surface area (Å²) in [4.78, 5) is 0. The van der Waals surface area contributed by atoms with Gasteiger partial charge in [-0.1, -0.05) is 24.3 Å². The number of sulfonamides is 1. The maximum Gasteiger partial charge on any atom is 0.215 e. The van der Waals surface area contributed by atoms with Crippen LogP contribution >= 0.6 is 0 Å². The third-order valence-electron chi connectivity index (χ3n) is 2.88. The van der Waals surface area contributed by atoms with E-state index in [1.165, 1.54) is 0 Å². The maximum atomic E-state index is 11.8. The van der Waals surface area contributed by atoms with Gasteiger partial charge in [0.25, 0.3) is 0 Å². The molecule has 0 saturated carbocycles. The highest BCUT2D eigenvalue weighted by Gasteiger charge is 2.18. The van der Waals surface area contributed by atoms with Gasteiger partial charge >= 0.3 is 0 Å². The van der Waals surface area contributed by atoms with E-state index in [9.17, 15) is 8.42 Å². The normalized spacial score (nSPS) is 15.8. The minimum Gasteiger partial charge on any atom is -0.490 e. The minimum absolute atomic E-state index is 0.00760. The Labute approximate surface area is 113 Å². The lowest BCUT2D eigenvalue weighted by Crippen LogP contribution is -2.36. The minimum atomic E-state index is -3.30. The molecule has 3 N–H and O–H groups in total. The van der Waals surface area contributed by atoms with E-state index in [0.29, 0.717) is 11.4 Å². The number of hydrogen-bond donors (Lipinski definition) is 2. The Hall–Kier alpha value is -1.53. The molecule has 1 aliphatic rings. The Morgan fingerprint density at radius 2 is 1.95 bits per heavy atom. The molecule has 0 spiro atoms. The van der Waals surface area contributed by atoms with E-state index in [1.807, 2.05) is 12.2 Å². The first-order valence-electron chi connectivity index (χ1n) is 6.19. The number of rotatable bonds is 6. The van der Waals surface area contributed by atoms with Crippen molar-refractivity contribution in [3.05, 3.63) is 36.4 Å². The molecule has 2 rings (SSSR count). The van der Waals surface area contributed by atoms with Crippen molar-refractivity contribution in [2.75, 3.05) is 18.1 Å². The molecule has 0 unspecified atom stereocenters. The van der Waals surface area contributed by atoms with Gasteiger partial charge in [0.15, 0.2) is 0 Å². The van der Waals surface area contributed by atoms with Crippen LogP contribution in [0.25, 0.3) is 0 Å². The number of benzene rings is 1. The number of para-hydroxylation sites is 2. The largest absolute Gasteiger partial charge is 0.490 e. The van der Waals surface area contributed by atoms with Crippen LogP contribution in [0.4, 0.5) is 5.69 Å². The summed E-state index contributed by atoms with van der Waals surface area (Å²) in [6.07, 6.45) is 5.47. The third kappa shape index (κ3) is 4.25. The van der Waals surface area contributed by atoms with Crippen LogP contribution in [-0.2, 0) is 10.0 Å². The SMILES string of the molecule is Nc1ccccc1OCCS(=O)(=O)NC1CC=CC1. The van der Waals surface area contributed by atoms with Crippen LogP contribution < -0.4 is 15.2 Å². The Balaban J connectivity index is 1.80. The van der Waals surface area contributed by atoms with E-state index in [1.54, 1.807) is 24.3 Å². The molecule has 0 aromatic heterocycles. The van der Waals surface area contributed by atoms with Crippen LogP contribution in [0.2, 0.25) is 0 Å². The fourth-order valence-electron chi connectivity index (χ4n) is 1.90. The average molecular weight is 282 g/mol. The van der Waals surface area contributed by atoms with Crippen LogP contribution in [0.15, 0.2) is 36.4 Å². The van der Waals surface area contributed by atoms with Gasteiger partial charge < -0.3 is 10.5 Å². The second kappa shape index (κ2) is 6.08. The van der Waals surface area contributed by atoms with Crippen LogP contribution in [0.5, 0.6) is 5.75 Å². The Morgan fingerprint density at radius 3 is 2.63 bits per heavy atom. The van der Waals surface area contributed by atoms with Gasteiger partial charge in [0.1, 0.15) is 12.4 Å². The monoisotopic (exact) mass is 282 g/mol. The van der Waals surface area contributed by atoms with Crippen LogP contribution in [0.3, 0.4) is 0 Å². The first-order chi connectivity index (χ1) is 9.07. The van der Waals surface area contributed by atoms with Crippen LogP contribution in [-0.4, -0.2) is 26.8 Å². The number of nitrogens with two attached hydrogens (primary N) is 1. The summed E-state index contributed by atoms with van der Waals surface area (Å²) in [6.45, 7) is 0.0870. The lowest BCUT2D eigenvalue weighted by molar-refractivity contribution is 0.342. The van der Waals surface area contributed by atoms with Crippen molar-refractivity contribution in [3.8, 4) is 5.75 Å². The van der Waals surface area contributed by atoms with Gasteiger partial charge in [-0.3, -0.25) is 0 Å². The molecule has 0 fully saturated rings. The highest BCUT2D eigenvalue weighted by atomic mass is 32.2. The number of ether oxygens (including phenoxy) is 1. The summed E-state index contributed by atoms with van der Waals surface area (Å²) >= 11 is 0. The zero-order chi connectivity index (χ0) is 13.7. The highest BCUT2D eigenvalue weighted by molar-refractivity contribution is 7.89. The quantitative estimate of drug-likeness (QED) is 0.608. The Morgan fingerprint density at radius 1 is 1.26 bits per heavy atom. The highest BCUT2D eigenvalue weighted by Crippen LogP contribution is 2.19. The molecule has 0 radical (unpaired) electrons. The molecule has 0 amide bonds. The summed E-state index contributed by atoms with van der Waals surface area (Å²) in [5, 5.41) is 0. The van der Waals surface area contributed by atoms with Gasteiger partial charge in [-0.25, -0.2) is 13.1 Å². The predicted octanol–water partition coefficient (Wildman–Crippen LogP) is 1.29. The van der Waals surface area contributed by atoms with E-state index in [2.05, 4.69) is 4.72 Å². The average Bonchev–Trinajstić information content (AvgIpc) is 2.83. The molecule has 0 atom stereocenters. The van der Waals surface area contributed by atoms with Crippen LogP contribution in [0, 0.1) is 0 Å². The maximum absolute atomic E-state index is 11.8. The Bertz CT molecular complexity index is 547. The molecule has 1 aromatic carbocycles. The number of anilines is 1. The van der Waals surface area contributed by atoms with Crippen molar-refractivity contribution >= 4 is 15.7 Å². The standard InChI is InChI=1S/C13H18N2O3S/c14-12-7-3-4-8-13(12)18-9-10-19(16,17)15-11-5-1-2-6-11/h1-4,7-8,11,15H,5-6,9-10,14H2. The number of hydrogen-bond acceptors (Lipinski definition) is 4. The van der Waals surface area contributed by atoms with Crippen molar-refractivity contribution < 1.29 is 13.2 Å². The van der Waals surface area contributed by atoms with Crippen molar-refractivity contribution in [2.24, 2.45) is 0 Å².